The summed E-state index contributed by atoms with van der Waals surface area (Å²) < 4.78 is 0. The van der Waals surface area contributed by atoms with Crippen molar-refractivity contribution in [2.24, 2.45) is 11.7 Å². The molecule has 0 aliphatic heterocycles. The van der Waals surface area contributed by atoms with E-state index in [2.05, 4.69) is 31.0 Å². The second-order valence-corrected chi connectivity index (χ2v) is 5.83. The van der Waals surface area contributed by atoms with Crippen molar-refractivity contribution in [1.82, 2.24) is 0 Å². The summed E-state index contributed by atoms with van der Waals surface area (Å²) in [5.74, 6) is 0.866. The van der Waals surface area contributed by atoms with Gasteiger partial charge in [-0.3, -0.25) is 0 Å². The zero-order valence-electron chi connectivity index (χ0n) is 11.3. The van der Waals surface area contributed by atoms with E-state index >= 15 is 0 Å². The van der Waals surface area contributed by atoms with Gasteiger partial charge in [-0.1, -0.05) is 25.1 Å². The molecule has 2 N–H and O–H groups in total. The van der Waals surface area contributed by atoms with Crippen LogP contribution in [0, 0.1) is 12.8 Å². The molecule has 1 saturated carbocycles. The maximum absolute atomic E-state index is 5.69. The van der Waals surface area contributed by atoms with Crippen molar-refractivity contribution in [2.75, 3.05) is 18.5 Å². The molecular formula is C15H22N2S. The van der Waals surface area contributed by atoms with E-state index in [4.69, 9.17) is 18.0 Å². The molecule has 18 heavy (non-hydrogen) atoms. The van der Waals surface area contributed by atoms with Crippen LogP contribution in [0.4, 0.5) is 5.69 Å². The molecule has 0 spiro atoms. The number of nitrogens with zero attached hydrogens (tertiary/aromatic N) is 1. The van der Waals surface area contributed by atoms with E-state index in [0.717, 1.165) is 18.0 Å². The first-order valence-corrected chi connectivity index (χ1v) is 7.10. The van der Waals surface area contributed by atoms with Crippen molar-refractivity contribution in [3.05, 3.63) is 29.3 Å². The fourth-order valence-electron chi connectivity index (χ4n) is 2.85. The molecule has 1 aromatic carbocycles. The Morgan fingerprint density at radius 3 is 2.61 bits per heavy atom. The molecule has 0 heterocycles. The van der Waals surface area contributed by atoms with E-state index in [1.165, 1.54) is 36.9 Å². The van der Waals surface area contributed by atoms with Gasteiger partial charge in [-0.25, -0.2) is 0 Å². The second-order valence-electron chi connectivity index (χ2n) is 5.39. The van der Waals surface area contributed by atoms with Crippen molar-refractivity contribution in [2.45, 2.75) is 32.6 Å². The van der Waals surface area contributed by atoms with E-state index in [9.17, 15) is 0 Å². The van der Waals surface area contributed by atoms with Gasteiger partial charge in [-0.15, -0.1) is 0 Å². The second kappa shape index (κ2) is 5.70. The Labute approximate surface area is 115 Å². The van der Waals surface area contributed by atoms with E-state index in [1.54, 1.807) is 0 Å². The highest BCUT2D eigenvalue weighted by Crippen LogP contribution is 2.27. The normalized spacial score (nSPS) is 15.9. The van der Waals surface area contributed by atoms with Gasteiger partial charge in [0.25, 0.3) is 0 Å². The first-order valence-electron chi connectivity index (χ1n) is 6.69. The van der Waals surface area contributed by atoms with E-state index in [-0.39, 0.29) is 0 Å². The number of hydrogen-bond acceptors (Lipinski definition) is 2. The van der Waals surface area contributed by atoms with E-state index in [1.807, 2.05) is 6.07 Å². The highest BCUT2D eigenvalue weighted by molar-refractivity contribution is 7.80. The Balaban J connectivity index is 2.08. The maximum Gasteiger partial charge on any atom is 0.104 e. The van der Waals surface area contributed by atoms with Crippen LogP contribution in [0.3, 0.4) is 0 Å². The molecule has 1 fully saturated rings. The van der Waals surface area contributed by atoms with Gasteiger partial charge in [-0.05, 0) is 49.4 Å². The smallest absolute Gasteiger partial charge is 0.104 e. The number of benzene rings is 1. The minimum atomic E-state index is 0.484. The lowest BCUT2D eigenvalue weighted by molar-refractivity contribution is 0.547. The van der Waals surface area contributed by atoms with Crippen LogP contribution in [-0.4, -0.2) is 18.6 Å². The Bertz CT molecular complexity index is 436. The van der Waals surface area contributed by atoms with Gasteiger partial charge in [0.1, 0.15) is 4.99 Å². The first kappa shape index (κ1) is 13.3. The van der Waals surface area contributed by atoms with Gasteiger partial charge in [0, 0.05) is 24.8 Å². The summed E-state index contributed by atoms with van der Waals surface area (Å²) in [6, 6.07) is 6.35. The van der Waals surface area contributed by atoms with Gasteiger partial charge in [-0.2, -0.15) is 0 Å². The third-order valence-corrected chi connectivity index (χ3v) is 4.14. The lowest BCUT2D eigenvalue weighted by atomic mass is 10.1. The van der Waals surface area contributed by atoms with Crippen molar-refractivity contribution < 1.29 is 0 Å². The lowest BCUT2D eigenvalue weighted by Crippen LogP contribution is -2.24. The summed E-state index contributed by atoms with van der Waals surface area (Å²) in [7, 11) is 2.17. The van der Waals surface area contributed by atoms with Gasteiger partial charge in [0.2, 0.25) is 0 Å². The van der Waals surface area contributed by atoms with Crippen molar-refractivity contribution in [1.29, 1.82) is 0 Å². The third-order valence-electron chi connectivity index (χ3n) is 3.92. The molecule has 2 nitrogen and oxygen atoms in total. The Hall–Kier alpha value is -1.09. The molecule has 0 atom stereocenters. The number of thiocarbonyl (C=S) groups is 1. The summed E-state index contributed by atoms with van der Waals surface area (Å²) in [5.41, 5.74) is 9.11. The van der Waals surface area contributed by atoms with Crippen LogP contribution in [0.15, 0.2) is 18.2 Å². The van der Waals surface area contributed by atoms with Gasteiger partial charge < -0.3 is 10.6 Å². The topological polar surface area (TPSA) is 29.3 Å². The van der Waals surface area contributed by atoms with Crippen LogP contribution in [-0.2, 0) is 0 Å². The molecule has 2 rings (SSSR count). The third kappa shape index (κ3) is 3.02. The summed E-state index contributed by atoms with van der Waals surface area (Å²) in [4.78, 5) is 2.84. The molecule has 1 aliphatic rings. The lowest BCUT2D eigenvalue weighted by Gasteiger charge is -2.24. The first-order chi connectivity index (χ1) is 8.58. The average Bonchev–Trinajstić information content (AvgIpc) is 2.81. The molecule has 0 saturated heterocycles. The van der Waals surface area contributed by atoms with Gasteiger partial charge in [0.05, 0.1) is 0 Å². The standard InChI is InChI=1S/C15H22N2S/c1-11-9-13(7-8-14(11)15(16)18)17(2)10-12-5-3-4-6-12/h7-9,12H,3-6,10H2,1-2H3,(H2,16,18). The number of rotatable bonds is 4. The summed E-state index contributed by atoms with van der Waals surface area (Å²) in [6.45, 7) is 3.23. The van der Waals surface area contributed by atoms with Gasteiger partial charge in [0.15, 0.2) is 0 Å². The number of anilines is 1. The largest absolute Gasteiger partial charge is 0.389 e. The molecule has 0 unspecified atom stereocenters. The molecular weight excluding hydrogens is 240 g/mol. The van der Waals surface area contributed by atoms with Gasteiger partial charge >= 0.3 is 0 Å². The minimum absolute atomic E-state index is 0.484. The Morgan fingerprint density at radius 1 is 1.39 bits per heavy atom. The fraction of sp³-hybridized carbons (Fsp3) is 0.533. The molecule has 0 bridgehead atoms. The van der Waals surface area contributed by atoms with Crippen molar-refractivity contribution >= 4 is 22.9 Å². The average molecular weight is 262 g/mol. The highest BCUT2D eigenvalue weighted by atomic mass is 32.1. The fourth-order valence-corrected chi connectivity index (χ4v) is 3.08. The summed E-state index contributed by atoms with van der Waals surface area (Å²) >= 11 is 5.04. The molecule has 98 valence electrons. The molecule has 3 heteroatoms. The van der Waals surface area contributed by atoms with E-state index < -0.39 is 0 Å². The Morgan fingerprint density at radius 2 is 2.06 bits per heavy atom. The number of aryl methyl sites for hydroxylation is 1. The van der Waals surface area contributed by atoms with Crippen LogP contribution < -0.4 is 10.6 Å². The molecule has 0 amide bonds. The molecule has 0 radical (unpaired) electrons. The molecule has 1 aliphatic carbocycles. The quantitative estimate of drug-likeness (QED) is 0.845. The van der Waals surface area contributed by atoms with Crippen molar-refractivity contribution in [3.8, 4) is 0 Å². The predicted octanol–water partition coefficient (Wildman–Crippen LogP) is 3.26. The van der Waals surface area contributed by atoms with Crippen LogP contribution >= 0.6 is 12.2 Å². The van der Waals surface area contributed by atoms with Crippen LogP contribution in [0.1, 0.15) is 36.8 Å². The van der Waals surface area contributed by atoms with Crippen LogP contribution in [0.2, 0.25) is 0 Å². The Kier molecular flexibility index (Phi) is 4.23. The number of hydrogen-bond donors (Lipinski definition) is 1. The number of nitrogens with two attached hydrogens (primary N) is 1. The predicted molar refractivity (Wildman–Crippen MR) is 82.3 cm³/mol. The molecule has 1 aromatic rings. The zero-order valence-corrected chi connectivity index (χ0v) is 12.1. The zero-order chi connectivity index (χ0) is 13.1. The minimum Gasteiger partial charge on any atom is -0.389 e. The van der Waals surface area contributed by atoms with Crippen molar-refractivity contribution in [3.63, 3.8) is 0 Å². The molecule has 0 aromatic heterocycles. The summed E-state index contributed by atoms with van der Waals surface area (Å²) in [6.07, 6.45) is 5.57. The SMILES string of the molecule is Cc1cc(N(C)CC2CCCC2)ccc1C(N)=S. The van der Waals surface area contributed by atoms with Crippen LogP contribution in [0.25, 0.3) is 0 Å². The maximum atomic E-state index is 5.69. The summed E-state index contributed by atoms with van der Waals surface area (Å²) in [5, 5.41) is 0. The van der Waals surface area contributed by atoms with E-state index in [0.29, 0.717) is 4.99 Å². The van der Waals surface area contributed by atoms with Crippen LogP contribution in [0.5, 0.6) is 0 Å². The highest BCUT2D eigenvalue weighted by Gasteiger charge is 2.17. The monoisotopic (exact) mass is 262 g/mol.